The summed E-state index contributed by atoms with van der Waals surface area (Å²) in [5, 5.41) is 0.356. The maximum Gasteiger partial charge on any atom is 0.0622 e. The lowest BCUT2D eigenvalue weighted by atomic mass is 9.93. The van der Waals surface area contributed by atoms with Crippen LogP contribution in [-0.4, -0.2) is 42.6 Å². The van der Waals surface area contributed by atoms with Crippen molar-refractivity contribution in [1.82, 2.24) is 4.90 Å². The molecular formula is C11H20ClNO. The first-order valence-electron chi connectivity index (χ1n) is 5.73. The Morgan fingerprint density at radius 3 is 2.64 bits per heavy atom. The van der Waals surface area contributed by atoms with E-state index >= 15 is 0 Å². The van der Waals surface area contributed by atoms with Crippen LogP contribution in [0.25, 0.3) is 0 Å². The Morgan fingerprint density at radius 2 is 2.00 bits per heavy atom. The van der Waals surface area contributed by atoms with Gasteiger partial charge in [-0.1, -0.05) is 12.8 Å². The molecule has 1 saturated carbocycles. The van der Waals surface area contributed by atoms with Crippen LogP contribution < -0.4 is 0 Å². The standard InChI is InChI=1S/C11H20ClNO/c1-13(9-6-7-14-8-9)11-5-3-2-4-10(11)12/h9-11H,2-8H2,1H3. The highest BCUT2D eigenvalue weighted by atomic mass is 35.5. The predicted octanol–water partition coefficient (Wildman–Crippen LogP) is 2.26. The van der Waals surface area contributed by atoms with Crippen LogP contribution in [0.15, 0.2) is 0 Å². The maximum atomic E-state index is 6.37. The molecule has 1 aliphatic carbocycles. The maximum absolute atomic E-state index is 6.37. The first kappa shape index (κ1) is 10.7. The van der Waals surface area contributed by atoms with Gasteiger partial charge >= 0.3 is 0 Å². The van der Waals surface area contributed by atoms with E-state index in [9.17, 15) is 0 Å². The molecule has 0 radical (unpaired) electrons. The Kier molecular flexibility index (Phi) is 3.69. The van der Waals surface area contributed by atoms with Gasteiger partial charge in [-0.15, -0.1) is 11.6 Å². The van der Waals surface area contributed by atoms with Gasteiger partial charge in [0.25, 0.3) is 0 Å². The molecule has 3 unspecified atom stereocenters. The molecule has 0 amide bonds. The monoisotopic (exact) mass is 217 g/mol. The molecule has 0 bridgehead atoms. The number of likely N-dealkylation sites (N-methyl/N-ethyl adjacent to an activating group) is 1. The summed E-state index contributed by atoms with van der Waals surface area (Å²) in [7, 11) is 2.21. The van der Waals surface area contributed by atoms with Gasteiger partial charge in [0.15, 0.2) is 0 Å². The minimum Gasteiger partial charge on any atom is -0.380 e. The Bertz CT molecular complexity index is 182. The van der Waals surface area contributed by atoms with Crippen LogP contribution >= 0.6 is 11.6 Å². The van der Waals surface area contributed by atoms with E-state index in [1.807, 2.05) is 0 Å². The van der Waals surface area contributed by atoms with Crippen molar-refractivity contribution in [3.05, 3.63) is 0 Å². The molecule has 0 aromatic carbocycles. The summed E-state index contributed by atoms with van der Waals surface area (Å²) in [6.45, 7) is 1.82. The Balaban J connectivity index is 1.91. The number of rotatable bonds is 2. The minimum atomic E-state index is 0.356. The average Bonchev–Trinajstić information content (AvgIpc) is 2.70. The lowest BCUT2D eigenvalue weighted by Crippen LogP contribution is -2.46. The van der Waals surface area contributed by atoms with Crippen molar-refractivity contribution in [2.24, 2.45) is 0 Å². The molecule has 2 rings (SSSR count). The molecule has 3 atom stereocenters. The molecule has 14 heavy (non-hydrogen) atoms. The van der Waals surface area contributed by atoms with E-state index in [0.29, 0.717) is 17.5 Å². The number of alkyl halides is 1. The fourth-order valence-corrected chi connectivity index (χ4v) is 3.10. The molecule has 2 nitrogen and oxygen atoms in total. The van der Waals surface area contributed by atoms with Crippen LogP contribution in [0.3, 0.4) is 0 Å². The lowest BCUT2D eigenvalue weighted by molar-refractivity contribution is 0.115. The zero-order chi connectivity index (χ0) is 9.97. The third kappa shape index (κ3) is 2.23. The van der Waals surface area contributed by atoms with E-state index in [2.05, 4.69) is 11.9 Å². The van der Waals surface area contributed by atoms with Crippen LogP contribution in [-0.2, 0) is 4.74 Å². The van der Waals surface area contributed by atoms with Crippen molar-refractivity contribution in [3.63, 3.8) is 0 Å². The Hall–Kier alpha value is 0.210. The van der Waals surface area contributed by atoms with Gasteiger partial charge in [-0.05, 0) is 26.3 Å². The summed E-state index contributed by atoms with van der Waals surface area (Å²) in [5.74, 6) is 0. The van der Waals surface area contributed by atoms with E-state index < -0.39 is 0 Å². The third-order valence-corrected chi connectivity index (χ3v) is 4.16. The van der Waals surface area contributed by atoms with E-state index in [-0.39, 0.29) is 0 Å². The number of ether oxygens (including phenoxy) is 1. The molecule has 82 valence electrons. The molecule has 1 heterocycles. The topological polar surface area (TPSA) is 12.5 Å². The molecule has 1 aliphatic heterocycles. The zero-order valence-corrected chi connectivity index (χ0v) is 9.67. The molecule has 3 heteroatoms. The van der Waals surface area contributed by atoms with E-state index in [4.69, 9.17) is 16.3 Å². The first-order chi connectivity index (χ1) is 6.79. The third-order valence-electron chi connectivity index (χ3n) is 3.65. The number of halogens is 1. The van der Waals surface area contributed by atoms with Crippen LogP contribution in [0.5, 0.6) is 0 Å². The van der Waals surface area contributed by atoms with Gasteiger partial charge in [0.2, 0.25) is 0 Å². The zero-order valence-electron chi connectivity index (χ0n) is 8.92. The normalized spacial score (nSPS) is 39.2. The second kappa shape index (κ2) is 4.82. The van der Waals surface area contributed by atoms with Gasteiger partial charge in [-0.25, -0.2) is 0 Å². The van der Waals surface area contributed by atoms with Crippen molar-refractivity contribution < 1.29 is 4.74 Å². The van der Waals surface area contributed by atoms with Crippen LogP contribution in [0, 0.1) is 0 Å². The second-order valence-electron chi connectivity index (χ2n) is 4.55. The summed E-state index contributed by atoms with van der Waals surface area (Å²) < 4.78 is 5.42. The van der Waals surface area contributed by atoms with Crippen molar-refractivity contribution in [1.29, 1.82) is 0 Å². The molecule has 0 N–H and O–H groups in total. The van der Waals surface area contributed by atoms with Crippen molar-refractivity contribution in [2.75, 3.05) is 20.3 Å². The smallest absolute Gasteiger partial charge is 0.0622 e. The van der Waals surface area contributed by atoms with Crippen LogP contribution in [0.2, 0.25) is 0 Å². The number of hydrogen-bond acceptors (Lipinski definition) is 2. The van der Waals surface area contributed by atoms with Crippen LogP contribution in [0.1, 0.15) is 32.1 Å². The number of hydrogen-bond donors (Lipinski definition) is 0. The molecular weight excluding hydrogens is 198 g/mol. The fraction of sp³-hybridized carbons (Fsp3) is 1.00. The largest absolute Gasteiger partial charge is 0.380 e. The molecule has 2 fully saturated rings. The van der Waals surface area contributed by atoms with Gasteiger partial charge in [-0.3, -0.25) is 4.90 Å². The van der Waals surface area contributed by atoms with Gasteiger partial charge in [0.1, 0.15) is 0 Å². The van der Waals surface area contributed by atoms with Gasteiger partial charge in [-0.2, -0.15) is 0 Å². The summed E-state index contributed by atoms with van der Waals surface area (Å²) in [4.78, 5) is 2.46. The van der Waals surface area contributed by atoms with Crippen molar-refractivity contribution in [3.8, 4) is 0 Å². The molecule has 1 saturated heterocycles. The van der Waals surface area contributed by atoms with Crippen molar-refractivity contribution >= 4 is 11.6 Å². The minimum absolute atomic E-state index is 0.356. The summed E-state index contributed by atoms with van der Waals surface area (Å²) in [6.07, 6.45) is 6.27. The summed E-state index contributed by atoms with van der Waals surface area (Å²) in [5.41, 5.74) is 0. The Morgan fingerprint density at radius 1 is 1.21 bits per heavy atom. The number of nitrogens with zero attached hydrogens (tertiary/aromatic N) is 1. The summed E-state index contributed by atoms with van der Waals surface area (Å²) in [6, 6.07) is 1.19. The average molecular weight is 218 g/mol. The molecule has 0 aromatic rings. The van der Waals surface area contributed by atoms with Gasteiger partial charge < -0.3 is 4.74 Å². The highest BCUT2D eigenvalue weighted by molar-refractivity contribution is 6.21. The molecule has 0 aromatic heterocycles. The highest BCUT2D eigenvalue weighted by Gasteiger charge is 2.32. The Labute approximate surface area is 91.6 Å². The quantitative estimate of drug-likeness (QED) is 0.658. The van der Waals surface area contributed by atoms with E-state index in [0.717, 1.165) is 13.2 Å². The van der Waals surface area contributed by atoms with Crippen LogP contribution in [0.4, 0.5) is 0 Å². The molecule has 2 aliphatic rings. The van der Waals surface area contributed by atoms with E-state index in [1.165, 1.54) is 32.1 Å². The van der Waals surface area contributed by atoms with Gasteiger partial charge in [0.05, 0.1) is 6.61 Å². The van der Waals surface area contributed by atoms with Crippen molar-refractivity contribution in [2.45, 2.75) is 49.6 Å². The fourth-order valence-electron chi connectivity index (χ4n) is 2.64. The SMILES string of the molecule is CN(C1CCOC1)C1CCCCC1Cl. The second-order valence-corrected chi connectivity index (χ2v) is 5.11. The predicted molar refractivity (Wildman–Crippen MR) is 58.9 cm³/mol. The first-order valence-corrected chi connectivity index (χ1v) is 6.16. The van der Waals surface area contributed by atoms with E-state index in [1.54, 1.807) is 0 Å². The molecule has 0 spiro atoms. The highest BCUT2D eigenvalue weighted by Crippen LogP contribution is 2.29. The summed E-state index contributed by atoms with van der Waals surface area (Å²) >= 11 is 6.37. The lowest BCUT2D eigenvalue weighted by Gasteiger charge is -2.37. The van der Waals surface area contributed by atoms with Gasteiger partial charge in [0, 0.05) is 24.1 Å².